The molecule has 0 unspecified atom stereocenters. The molecule has 0 saturated heterocycles. The van der Waals surface area contributed by atoms with Crippen LogP contribution in [0.5, 0.6) is 0 Å². The van der Waals surface area contributed by atoms with Gasteiger partial charge in [0, 0.05) is 30.4 Å². The number of alkyl halides is 3. The van der Waals surface area contributed by atoms with E-state index in [9.17, 15) is 18.0 Å². The van der Waals surface area contributed by atoms with Gasteiger partial charge in [0.2, 0.25) is 0 Å². The lowest BCUT2D eigenvalue weighted by Gasteiger charge is -2.10. The van der Waals surface area contributed by atoms with Crippen molar-refractivity contribution in [3.05, 3.63) is 28.6 Å². The van der Waals surface area contributed by atoms with Crippen molar-refractivity contribution in [3.8, 4) is 0 Å². The van der Waals surface area contributed by atoms with Gasteiger partial charge in [-0.15, -0.1) is 0 Å². The third-order valence-electron chi connectivity index (χ3n) is 2.49. The van der Waals surface area contributed by atoms with Crippen LogP contribution >= 0.6 is 0 Å². The Bertz CT molecular complexity index is 468. The van der Waals surface area contributed by atoms with Crippen molar-refractivity contribution < 1.29 is 18.0 Å². The zero-order valence-corrected chi connectivity index (χ0v) is 8.72. The van der Waals surface area contributed by atoms with Gasteiger partial charge in [0.05, 0.1) is 0 Å². The zero-order chi connectivity index (χ0) is 12.1. The van der Waals surface area contributed by atoms with Crippen LogP contribution in [0.1, 0.15) is 27.3 Å². The van der Waals surface area contributed by atoms with Crippen LogP contribution in [0.3, 0.4) is 0 Å². The van der Waals surface area contributed by atoms with E-state index < -0.39 is 11.9 Å². The van der Waals surface area contributed by atoms with Gasteiger partial charge >= 0.3 is 6.18 Å². The summed E-state index contributed by atoms with van der Waals surface area (Å²) in [5.41, 5.74) is -0.650. The summed E-state index contributed by atoms with van der Waals surface area (Å²) in [6.45, 7) is 1.41. The molecule has 1 aromatic heterocycles. The zero-order valence-electron chi connectivity index (χ0n) is 8.72. The van der Waals surface area contributed by atoms with Crippen LogP contribution in [0.15, 0.2) is 6.07 Å². The molecule has 1 aliphatic heterocycles. The van der Waals surface area contributed by atoms with Crippen LogP contribution in [-0.4, -0.2) is 22.8 Å². The maximum absolute atomic E-state index is 12.7. The number of halogens is 3. The Balaban J connectivity index is 2.67. The highest BCUT2D eigenvalue weighted by Crippen LogP contribution is 2.35. The van der Waals surface area contributed by atoms with E-state index in [0.29, 0.717) is 0 Å². The van der Waals surface area contributed by atoms with Gasteiger partial charge in [-0.25, -0.2) is 4.98 Å². The molecule has 1 amide bonds. The molecule has 1 aromatic rings. The van der Waals surface area contributed by atoms with Gasteiger partial charge in [-0.05, 0) is 13.0 Å². The third kappa shape index (κ3) is 1.54. The summed E-state index contributed by atoms with van der Waals surface area (Å²) in [6, 6.07) is 1.40. The summed E-state index contributed by atoms with van der Waals surface area (Å²) in [7, 11) is 1.47. The Morgan fingerprint density at radius 3 is 2.62 bits per heavy atom. The standard InChI is InChI=1S/C10H9F3N2O/c1-5-3-6-7(4-15(2)9(6)16)8(14-5)10(11,12)13/h3H,4H2,1-2H3. The number of aromatic nitrogens is 1. The molecule has 0 aromatic carbocycles. The van der Waals surface area contributed by atoms with E-state index in [2.05, 4.69) is 4.98 Å². The minimum Gasteiger partial charge on any atom is -0.337 e. The van der Waals surface area contributed by atoms with E-state index >= 15 is 0 Å². The van der Waals surface area contributed by atoms with Gasteiger partial charge in [0.1, 0.15) is 5.69 Å². The maximum Gasteiger partial charge on any atom is 0.433 e. The number of hydrogen-bond donors (Lipinski definition) is 0. The lowest BCUT2D eigenvalue weighted by molar-refractivity contribution is -0.142. The molecule has 0 N–H and O–H groups in total. The number of pyridine rings is 1. The molecule has 0 spiro atoms. The lowest BCUT2D eigenvalue weighted by Crippen LogP contribution is -2.17. The molecule has 6 heteroatoms. The SMILES string of the molecule is Cc1cc2c(c(C(F)(F)F)n1)CN(C)C2=O. The van der Waals surface area contributed by atoms with Crippen LogP contribution in [0.25, 0.3) is 0 Å². The molecule has 1 aliphatic rings. The second-order valence-electron chi connectivity index (χ2n) is 3.80. The molecule has 2 rings (SSSR count). The quantitative estimate of drug-likeness (QED) is 0.682. The minimum atomic E-state index is -4.51. The van der Waals surface area contributed by atoms with Gasteiger partial charge < -0.3 is 4.90 Å². The van der Waals surface area contributed by atoms with Gasteiger partial charge in [0.25, 0.3) is 5.91 Å². The van der Waals surface area contributed by atoms with E-state index in [-0.39, 0.29) is 29.3 Å². The molecule has 2 heterocycles. The van der Waals surface area contributed by atoms with Crippen molar-refractivity contribution in [2.75, 3.05) is 7.05 Å². The number of carbonyl (C=O) groups excluding carboxylic acids is 1. The van der Waals surface area contributed by atoms with Crippen molar-refractivity contribution in [3.63, 3.8) is 0 Å². The number of hydrogen-bond acceptors (Lipinski definition) is 2. The second-order valence-corrected chi connectivity index (χ2v) is 3.80. The van der Waals surface area contributed by atoms with Crippen LogP contribution in [0, 0.1) is 6.92 Å². The molecular weight excluding hydrogens is 221 g/mol. The van der Waals surface area contributed by atoms with Crippen molar-refractivity contribution in [2.45, 2.75) is 19.6 Å². The smallest absolute Gasteiger partial charge is 0.337 e. The summed E-state index contributed by atoms with van der Waals surface area (Å²) in [4.78, 5) is 16.3. The molecule has 0 aliphatic carbocycles. The predicted octanol–water partition coefficient (Wildman–Crippen LogP) is 1.99. The van der Waals surface area contributed by atoms with Crippen molar-refractivity contribution in [2.24, 2.45) is 0 Å². The number of fused-ring (bicyclic) bond motifs is 1. The highest BCUT2D eigenvalue weighted by molar-refractivity contribution is 5.98. The van der Waals surface area contributed by atoms with E-state index in [1.807, 2.05) is 0 Å². The Morgan fingerprint density at radius 2 is 2.06 bits per heavy atom. The molecule has 0 radical (unpaired) electrons. The van der Waals surface area contributed by atoms with Gasteiger partial charge in [-0.2, -0.15) is 13.2 Å². The van der Waals surface area contributed by atoms with Crippen LogP contribution in [0.4, 0.5) is 13.2 Å². The Labute approximate surface area is 89.9 Å². The topological polar surface area (TPSA) is 33.2 Å². The number of amides is 1. The monoisotopic (exact) mass is 230 g/mol. The van der Waals surface area contributed by atoms with Gasteiger partial charge in [-0.1, -0.05) is 0 Å². The predicted molar refractivity (Wildman–Crippen MR) is 49.8 cm³/mol. The lowest BCUT2D eigenvalue weighted by atomic mass is 10.1. The fourth-order valence-electron chi connectivity index (χ4n) is 1.80. The summed E-state index contributed by atoms with van der Waals surface area (Å²) in [6.07, 6.45) is -4.51. The number of nitrogens with zero attached hydrogens (tertiary/aromatic N) is 2. The summed E-state index contributed by atoms with van der Waals surface area (Å²) < 4.78 is 38.1. The Kier molecular flexibility index (Phi) is 2.18. The van der Waals surface area contributed by atoms with Gasteiger partial charge in [-0.3, -0.25) is 4.79 Å². The van der Waals surface area contributed by atoms with Crippen molar-refractivity contribution >= 4 is 5.91 Å². The number of carbonyl (C=O) groups is 1. The molecule has 3 nitrogen and oxygen atoms in total. The normalized spacial score (nSPS) is 15.6. The van der Waals surface area contributed by atoms with Crippen LogP contribution < -0.4 is 0 Å². The Hall–Kier alpha value is -1.59. The van der Waals surface area contributed by atoms with Crippen LogP contribution in [0.2, 0.25) is 0 Å². The summed E-state index contributed by atoms with van der Waals surface area (Å²) >= 11 is 0. The first-order valence-corrected chi connectivity index (χ1v) is 4.64. The molecule has 0 saturated carbocycles. The second kappa shape index (κ2) is 3.20. The fraction of sp³-hybridized carbons (Fsp3) is 0.400. The summed E-state index contributed by atoms with van der Waals surface area (Å²) in [5, 5.41) is 0. The molecular formula is C10H9F3N2O. The maximum atomic E-state index is 12.7. The average molecular weight is 230 g/mol. The highest BCUT2D eigenvalue weighted by Gasteiger charge is 2.40. The first-order valence-electron chi connectivity index (χ1n) is 4.64. The Morgan fingerprint density at radius 1 is 1.44 bits per heavy atom. The average Bonchev–Trinajstić information content (AvgIpc) is 2.42. The number of rotatable bonds is 0. The minimum absolute atomic E-state index is 0.0226. The molecule has 0 bridgehead atoms. The van der Waals surface area contributed by atoms with Gasteiger partial charge in [0.15, 0.2) is 0 Å². The first-order chi connectivity index (χ1) is 7.30. The molecule has 86 valence electrons. The highest BCUT2D eigenvalue weighted by atomic mass is 19.4. The molecule has 16 heavy (non-hydrogen) atoms. The van der Waals surface area contributed by atoms with Crippen molar-refractivity contribution in [1.29, 1.82) is 0 Å². The van der Waals surface area contributed by atoms with Crippen molar-refractivity contribution in [1.82, 2.24) is 9.88 Å². The molecule has 0 atom stereocenters. The fourth-order valence-corrected chi connectivity index (χ4v) is 1.80. The largest absolute Gasteiger partial charge is 0.433 e. The van der Waals surface area contributed by atoms with Crippen LogP contribution in [-0.2, 0) is 12.7 Å². The molecule has 0 fully saturated rings. The third-order valence-corrected chi connectivity index (χ3v) is 2.49. The first kappa shape index (κ1) is 10.9. The summed E-state index contributed by atoms with van der Waals surface area (Å²) in [5.74, 6) is -0.383. The van der Waals surface area contributed by atoms with E-state index in [0.717, 1.165) is 0 Å². The van der Waals surface area contributed by atoms with E-state index in [4.69, 9.17) is 0 Å². The number of aryl methyl sites for hydroxylation is 1. The van der Waals surface area contributed by atoms with E-state index in [1.165, 1.54) is 24.9 Å². The van der Waals surface area contributed by atoms with E-state index in [1.54, 1.807) is 0 Å².